The van der Waals surface area contributed by atoms with E-state index in [0.29, 0.717) is 6.54 Å². The van der Waals surface area contributed by atoms with Crippen molar-refractivity contribution in [3.63, 3.8) is 0 Å². The van der Waals surface area contributed by atoms with E-state index in [9.17, 15) is 9.90 Å². The minimum absolute atomic E-state index is 0.141. The number of carbonyl (C=O) groups excluding carboxylic acids is 1. The van der Waals surface area contributed by atoms with Crippen molar-refractivity contribution in [1.29, 1.82) is 0 Å². The molecule has 0 saturated heterocycles. The molecule has 134 valence electrons. The van der Waals surface area contributed by atoms with E-state index in [4.69, 9.17) is 0 Å². The van der Waals surface area contributed by atoms with Crippen LogP contribution in [0.5, 0.6) is 0 Å². The quantitative estimate of drug-likeness (QED) is 0.725. The summed E-state index contributed by atoms with van der Waals surface area (Å²) in [5.74, 6) is 0. The number of carbonyl (C=O) groups is 1. The lowest BCUT2D eigenvalue weighted by atomic mass is 9.96. The van der Waals surface area contributed by atoms with Crippen molar-refractivity contribution in [2.45, 2.75) is 25.6 Å². The van der Waals surface area contributed by atoms with Gasteiger partial charge in [-0.3, -0.25) is 0 Å². The Morgan fingerprint density at radius 3 is 2.24 bits per heavy atom. The summed E-state index contributed by atoms with van der Waals surface area (Å²) < 4.78 is 0. The van der Waals surface area contributed by atoms with E-state index < -0.39 is 5.60 Å². The molecule has 1 atom stereocenters. The largest absolute Gasteiger partial charge is 0.384 e. The molecule has 0 bridgehead atoms. The zero-order chi connectivity index (χ0) is 18.3. The van der Waals surface area contributed by atoms with Gasteiger partial charge in [0.1, 0.15) is 5.60 Å². The minimum Gasteiger partial charge on any atom is -0.384 e. The highest BCUT2D eigenvalue weighted by Gasteiger charge is 2.23. The molecule has 2 amide bonds. The van der Waals surface area contributed by atoms with E-state index in [0.717, 1.165) is 17.7 Å². The molecule has 25 heavy (non-hydrogen) atoms. The molecule has 3 N–H and O–H groups in total. The molecule has 0 aromatic heterocycles. The Hall–Kier alpha value is -2.37. The van der Waals surface area contributed by atoms with Crippen molar-refractivity contribution in [2.24, 2.45) is 0 Å². The van der Waals surface area contributed by atoms with Gasteiger partial charge in [-0.25, -0.2) is 4.79 Å². The number of nitrogens with zero attached hydrogens (tertiary/aromatic N) is 1. The summed E-state index contributed by atoms with van der Waals surface area (Å²) in [4.78, 5) is 14.2. The Bertz CT molecular complexity index is 684. The van der Waals surface area contributed by atoms with Crippen molar-refractivity contribution in [3.8, 4) is 0 Å². The molecule has 0 aliphatic carbocycles. The van der Waals surface area contributed by atoms with Gasteiger partial charge in [0.05, 0.1) is 6.54 Å². The van der Waals surface area contributed by atoms with Crippen molar-refractivity contribution in [1.82, 2.24) is 15.5 Å². The predicted molar refractivity (Wildman–Crippen MR) is 100 cm³/mol. The zero-order valence-corrected chi connectivity index (χ0v) is 15.1. The number of benzene rings is 2. The molecule has 0 spiro atoms. The van der Waals surface area contributed by atoms with Crippen LogP contribution in [0.3, 0.4) is 0 Å². The summed E-state index contributed by atoms with van der Waals surface area (Å²) in [5.41, 5.74) is 1.93. The second-order valence-corrected chi connectivity index (χ2v) is 6.68. The first-order valence-corrected chi connectivity index (χ1v) is 8.39. The molecule has 0 aliphatic heterocycles. The van der Waals surface area contributed by atoms with Crippen molar-refractivity contribution in [2.75, 3.05) is 20.6 Å². The third-order valence-corrected chi connectivity index (χ3v) is 4.03. The van der Waals surface area contributed by atoms with Crippen LogP contribution in [0.25, 0.3) is 0 Å². The molecule has 0 aliphatic rings. The standard InChI is InChI=1S/C20H27N3O2/c1-20(25,18-11-5-4-6-12-18)15-22-19(24)21-13-16-9-7-8-10-17(16)14-23(2)3/h4-12,25H,13-15H2,1-3H3,(H2,21,22,24). The van der Waals surface area contributed by atoms with Crippen LogP contribution >= 0.6 is 0 Å². The van der Waals surface area contributed by atoms with Gasteiger partial charge in [0.15, 0.2) is 0 Å². The Labute approximate surface area is 149 Å². The molecule has 2 rings (SSSR count). The molecular weight excluding hydrogens is 314 g/mol. The van der Waals surface area contributed by atoms with Crippen molar-refractivity contribution < 1.29 is 9.90 Å². The highest BCUT2D eigenvalue weighted by molar-refractivity contribution is 5.74. The first-order chi connectivity index (χ1) is 11.9. The number of hydrogen-bond donors (Lipinski definition) is 3. The van der Waals surface area contributed by atoms with Gasteiger partial charge in [0.2, 0.25) is 0 Å². The number of rotatable bonds is 7. The number of hydrogen-bond acceptors (Lipinski definition) is 3. The monoisotopic (exact) mass is 341 g/mol. The van der Waals surface area contributed by atoms with Crippen LogP contribution in [-0.2, 0) is 18.7 Å². The smallest absolute Gasteiger partial charge is 0.315 e. The van der Waals surface area contributed by atoms with E-state index in [-0.39, 0.29) is 12.6 Å². The first kappa shape index (κ1) is 19.0. The molecule has 0 fully saturated rings. The van der Waals surface area contributed by atoms with E-state index in [2.05, 4.69) is 21.6 Å². The third-order valence-electron chi connectivity index (χ3n) is 4.03. The maximum absolute atomic E-state index is 12.1. The summed E-state index contributed by atoms with van der Waals surface area (Å²) in [6.07, 6.45) is 0. The first-order valence-electron chi connectivity index (χ1n) is 8.39. The second kappa shape index (κ2) is 8.65. The second-order valence-electron chi connectivity index (χ2n) is 6.68. The Morgan fingerprint density at radius 2 is 1.60 bits per heavy atom. The Morgan fingerprint density at radius 1 is 1.00 bits per heavy atom. The molecule has 2 aromatic carbocycles. The average Bonchev–Trinajstić information content (AvgIpc) is 2.59. The van der Waals surface area contributed by atoms with Crippen LogP contribution in [0.15, 0.2) is 54.6 Å². The van der Waals surface area contributed by atoms with Gasteiger partial charge < -0.3 is 20.6 Å². The lowest BCUT2D eigenvalue weighted by Gasteiger charge is -2.24. The molecular formula is C20H27N3O2. The van der Waals surface area contributed by atoms with E-state index >= 15 is 0 Å². The van der Waals surface area contributed by atoms with Crippen LogP contribution in [0.4, 0.5) is 4.79 Å². The minimum atomic E-state index is -1.11. The van der Waals surface area contributed by atoms with Gasteiger partial charge in [-0.05, 0) is 37.7 Å². The van der Waals surface area contributed by atoms with Gasteiger partial charge in [-0.1, -0.05) is 54.6 Å². The SMILES string of the molecule is CN(C)Cc1ccccc1CNC(=O)NCC(C)(O)c1ccccc1. The fraction of sp³-hybridized carbons (Fsp3) is 0.350. The van der Waals surface area contributed by atoms with Crippen molar-refractivity contribution >= 4 is 6.03 Å². The van der Waals surface area contributed by atoms with Gasteiger partial charge in [0.25, 0.3) is 0 Å². The zero-order valence-electron chi connectivity index (χ0n) is 15.1. The van der Waals surface area contributed by atoms with Crippen LogP contribution in [0, 0.1) is 0 Å². The molecule has 0 saturated carbocycles. The molecule has 5 heteroatoms. The summed E-state index contributed by atoms with van der Waals surface area (Å²) in [5, 5.41) is 16.1. The molecule has 0 radical (unpaired) electrons. The van der Waals surface area contributed by atoms with E-state index in [1.807, 2.05) is 62.6 Å². The fourth-order valence-electron chi connectivity index (χ4n) is 2.61. The number of aliphatic hydroxyl groups is 1. The topological polar surface area (TPSA) is 64.6 Å². The van der Waals surface area contributed by atoms with Crippen LogP contribution in [-0.4, -0.2) is 36.7 Å². The lowest BCUT2D eigenvalue weighted by molar-refractivity contribution is 0.0594. The lowest BCUT2D eigenvalue weighted by Crippen LogP contribution is -2.43. The molecule has 1 unspecified atom stereocenters. The maximum atomic E-state index is 12.1. The van der Waals surface area contributed by atoms with Gasteiger partial charge in [0, 0.05) is 13.1 Å². The predicted octanol–water partition coefficient (Wildman–Crippen LogP) is 2.46. The Balaban J connectivity index is 1.87. The van der Waals surface area contributed by atoms with E-state index in [1.54, 1.807) is 6.92 Å². The molecule has 0 heterocycles. The van der Waals surface area contributed by atoms with E-state index in [1.165, 1.54) is 5.56 Å². The summed E-state index contributed by atoms with van der Waals surface area (Å²) in [6.45, 7) is 3.10. The van der Waals surface area contributed by atoms with Gasteiger partial charge in [-0.15, -0.1) is 0 Å². The highest BCUT2D eigenvalue weighted by Crippen LogP contribution is 2.18. The van der Waals surface area contributed by atoms with Crippen LogP contribution in [0.1, 0.15) is 23.6 Å². The van der Waals surface area contributed by atoms with Crippen LogP contribution in [0.2, 0.25) is 0 Å². The van der Waals surface area contributed by atoms with Gasteiger partial charge >= 0.3 is 6.03 Å². The molecule has 5 nitrogen and oxygen atoms in total. The maximum Gasteiger partial charge on any atom is 0.315 e. The average molecular weight is 341 g/mol. The summed E-state index contributed by atoms with van der Waals surface area (Å²) in [7, 11) is 4.03. The molecule has 2 aromatic rings. The summed E-state index contributed by atoms with van der Waals surface area (Å²) in [6, 6.07) is 17.1. The Kier molecular flexibility index (Phi) is 6.56. The normalized spacial score (nSPS) is 13.3. The van der Waals surface area contributed by atoms with Crippen molar-refractivity contribution in [3.05, 3.63) is 71.3 Å². The highest BCUT2D eigenvalue weighted by atomic mass is 16.3. The number of urea groups is 1. The van der Waals surface area contributed by atoms with Gasteiger partial charge in [-0.2, -0.15) is 0 Å². The third kappa shape index (κ3) is 5.89. The van der Waals surface area contributed by atoms with Crippen LogP contribution < -0.4 is 10.6 Å². The number of amides is 2. The fourth-order valence-corrected chi connectivity index (χ4v) is 2.61. The summed E-state index contributed by atoms with van der Waals surface area (Å²) >= 11 is 0. The number of nitrogens with one attached hydrogen (secondary N) is 2.